The molecule has 124 valence electrons. The van der Waals surface area contributed by atoms with E-state index in [0.29, 0.717) is 6.04 Å². The number of fused-ring (bicyclic) bond motifs is 1. The van der Waals surface area contributed by atoms with E-state index in [1.54, 1.807) is 0 Å². The van der Waals surface area contributed by atoms with Crippen molar-refractivity contribution < 1.29 is 4.57 Å². The van der Waals surface area contributed by atoms with Crippen molar-refractivity contribution in [2.24, 2.45) is 7.05 Å². The Labute approximate surface area is 144 Å². The van der Waals surface area contributed by atoms with Crippen LogP contribution in [0.15, 0.2) is 36.4 Å². The minimum absolute atomic E-state index is 0.630. The lowest BCUT2D eigenvalue weighted by atomic mass is 10.0. The molecule has 0 N–H and O–H groups in total. The van der Waals surface area contributed by atoms with E-state index in [2.05, 4.69) is 73.4 Å². The van der Waals surface area contributed by atoms with Gasteiger partial charge in [-0.25, -0.2) is 9.13 Å². The summed E-state index contributed by atoms with van der Waals surface area (Å²) in [6.45, 7) is 6.62. The van der Waals surface area contributed by atoms with Crippen LogP contribution in [-0.4, -0.2) is 4.57 Å². The summed E-state index contributed by atoms with van der Waals surface area (Å²) in [6.07, 6.45) is 5.31. The second-order valence-electron chi connectivity index (χ2n) is 7.50. The van der Waals surface area contributed by atoms with Gasteiger partial charge in [0.2, 0.25) is 0 Å². The fourth-order valence-electron chi connectivity index (χ4n) is 4.32. The monoisotopic (exact) mass is 319 g/mol. The molecule has 4 rings (SSSR count). The van der Waals surface area contributed by atoms with E-state index in [-0.39, 0.29) is 0 Å². The fourth-order valence-corrected chi connectivity index (χ4v) is 4.32. The van der Waals surface area contributed by atoms with E-state index >= 15 is 0 Å². The second-order valence-corrected chi connectivity index (χ2v) is 7.50. The Kier molecular flexibility index (Phi) is 3.71. The van der Waals surface area contributed by atoms with Gasteiger partial charge in [0.25, 0.3) is 5.82 Å². The van der Waals surface area contributed by atoms with Crippen molar-refractivity contribution in [2.75, 3.05) is 0 Å². The predicted octanol–water partition coefficient (Wildman–Crippen LogP) is 5.17. The van der Waals surface area contributed by atoms with Crippen LogP contribution in [0.5, 0.6) is 0 Å². The third-order valence-electron chi connectivity index (χ3n) is 5.62. The molecule has 0 atom stereocenters. The maximum Gasteiger partial charge on any atom is 0.290 e. The lowest BCUT2D eigenvalue weighted by molar-refractivity contribution is -0.634. The lowest BCUT2D eigenvalue weighted by Gasteiger charge is -2.12. The van der Waals surface area contributed by atoms with Crippen molar-refractivity contribution in [1.82, 2.24) is 4.57 Å². The third kappa shape index (κ3) is 2.36. The molecule has 0 radical (unpaired) electrons. The molecule has 2 nitrogen and oxygen atoms in total. The fraction of sp³-hybridized carbons (Fsp3) is 0.409. The minimum Gasteiger partial charge on any atom is -0.226 e. The van der Waals surface area contributed by atoms with E-state index < -0.39 is 0 Å². The first-order valence-electron chi connectivity index (χ1n) is 9.14. The molecule has 1 saturated carbocycles. The summed E-state index contributed by atoms with van der Waals surface area (Å²) in [5.41, 5.74) is 8.12. The van der Waals surface area contributed by atoms with Gasteiger partial charge >= 0.3 is 0 Å². The predicted molar refractivity (Wildman–Crippen MR) is 100 cm³/mol. The van der Waals surface area contributed by atoms with Gasteiger partial charge in [-0.1, -0.05) is 23.8 Å². The zero-order valence-electron chi connectivity index (χ0n) is 15.3. The van der Waals surface area contributed by atoms with Crippen LogP contribution in [0.1, 0.15) is 48.4 Å². The quantitative estimate of drug-likeness (QED) is 0.576. The third-order valence-corrected chi connectivity index (χ3v) is 5.62. The first kappa shape index (κ1) is 15.4. The van der Waals surface area contributed by atoms with E-state index in [1.165, 1.54) is 64.8 Å². The number of benzene rings is 2. The molecule has 0 aliphatic heterocycles. The molecule has 2 aromatic carbocycles. The Bertz CT molecular complexity index is 911. The first-order chi connectivity index (χ1) is 11.6. The minimum atomic E-state index is 0.630. The highest BCUT2D eigenvalue weighted by Gasteiger charge is 2.32. The highest BCUT2D eigenvalue weighted by molar-refractivity contribution is 5.78. The van der Waals surface area contributed by atoms with E-state index in [0.717, 1.165) is 0 Å². The van der Waals surface area contributed by atoms with Gasteiger partial charge in [-0.2, -0.15) is 0 Å². The number of aromatic nitrogens is 2. The Hall–Kier alpha value is -2.09. The summed E-state index contributed by atoms with van der Waals surface area (Å²) < 4.78 is 5.03. The highest BCUT2D eigenvalue weighted by Crippen LogP contribution is 2.37. The van der Waals surface area contributed by atoms with Crippen molar-refractivity contribution >= 4 is 11.0 Å². The normalized spacial score (nSPS) is 15.5. The number of imidazole rings is 1. The van der Waals surface area contributed by atoms with Gasteiger partial charge in [0.05, 0.1) is 12.6 Å². The molecule has 1 aliphatic carbocycles. The summed E-state index contributed by atoms with van der Waals surface area (Å²) in [7, 11) is 2.22. The molecule has 3 aromatic rings. The van der Waals surface area contributed by atoms with E-state index in [4.69, 9.17) is 0 Å². The number of hydrogen-bond acceptors (Lipinski definition) is 0. The summed E-state index contributed by atoms with van der Waals surface area (Å²) in [5, 5.41) is 0. The van der Waals surface area contributed by atoms with Crippen molar-refractivity contribution in [3.8, 4) is 11.4 Å². The number of nitrogens with zero attached hydrogens (tertiary/aromatic N) is 2. The smallest absolute Gasteiger partial charge is 0.226 e. The Morgan fingerprint density at radius 2 is 1.58 bits per heavy atom. The van der Waals surface area contributed by atoms with Crippen LogP contribution in [-0.2, 0) is 7.05 Å². The average molecular weight is 319 g/mol. The van der Waals surface area contributed by atoms with Gasteiger partial charge in [-0.3, -0.25) is 0 Å². The topological polar surface area (TPSA) is 8.81 Å². The molecule has 0 amide bonds. The Morgan fingerprint density at radius 3 is 2.33 bits per heavy atom. The van der Waals surface area contributed by atoms with Crippen molar-refractivity contribution in [2.45, 2.75) is 52.5 Å². The zero-order valence-corrected chi connectivity index (χ0v) is 15.3. The van der Waals surface area contributed by atoms with Gasteiger partial charge in [0.1, 0.15) is 6.04 Å². The van der Waals surface area contributed by atoms with Gasteiger partial charge < -0.3 is 0 Å². The first-order valence-corrected chi connectivity index (χ1v) is 9.14. The maximum absolute atomic E-state index is 2.64. The van der Waals surface area contributed by atoms with Crippen LogP contribution in [0.25, 0.3) is 22.4 Å². The Balaban J connectivity index is 2.08. The van der Waals surface area contributed by atoms with Crippen LogP contribution < -0.4 is 4.57 Å². The zero-order chi connectivity index (χ0) is 16.8. The van der Waals surface area contributed by atoms with Crippen molar-refractivity contribution in [3.63, 3.8) is 0 Å². The summed E-state index contributed by atoms with van der Waals surface area (Å²) >= 11 is 0. The Morgan fingerprint density at radius 1 is 0.917 bits per heavy atom. The number of hydrogen-bond donors (Lipinski definition) is 0. The molecular formula is C22H27N2+. The van der Waals surface area contributed by atoms with Crippen LogP contribution in [0.2, 0.25) is 0 Å². The molecule has 0 bridgehead atoms. The van der Waals surface area contributed by atoms with Crippen LogP contribution in [0.3, 0.4) is 0 Å². The summed E-state index contributed by atoms with van der Waals surface area (Å²) in [4.78, 5) is 0. The van der Waals surface area contributed by atoms with E-state index in [1.807, 2.05) is 0 Å². The van der Waals surface area contributed by atoms with Gasteiger partial charge in [-0.15, -0.1) is 0 Å². The molecule has 1 fully saturated rings. The molecule has 0 spiro atoms. The van der Waals surface area contributed by atoms with Crippen molar-refractivity contribution in [3.05, 3.63) is 53.1 Å². The molecule has 0 saturated heterocycles. The SMILES string of the molecule is Cc1ccc(C)c(-c2n(C3CCCC3)c3cc(C)ccc3[n+]2C)c1. The van der Waals surface area contributed by atoms with Gasteiger partial charge in [0.15, 0.2) is 11.0 Å². The number of aryl methyl sites for hydroxylation is 4. The second kappa shape index (κ2) is 5.77. The summed E-state index contributed by atoms with van der Waals surface area (Å²) in [6, 6.07) is 14.3. The molecule has 24 heavy (non-hydrogen) atoms. The van der Waals surface area contributed by atoms with Crippen molar-refractivity contribution in [1.29, 1.82) is 0 Å². The number of rotatable bonds is 2. The molecule has 1 aliphatic rings. The highest BCUT2D eigenvalue weighted by atomic mass is 15.2. The van der Waals surface area contributed by atoms with Crippen LogP contribution in [0.4, 0.5) is 0 Å². The molecule has 1 heterocycles. The molecular weight excluding hydrogens is 292 g/mol. The van der Waals surface area contributed by atoms with Gasteiger partial charge in [-0.05, 0) is 75.8 Å². The molecule has 0 unspecified atom stereocenters. The van der Waals surface area contributed by atoms with Crippen LogP contribution in [0, 0.1) is 20.8 Å². The largest absolute Gasteiger partial charge is 0.290 e. The average Bonchev–Trinajstić information content (AvgIpc) is 3.16. The van der Waals surface area contributed by atoms with E-state index in [9.17, 15) is 0 Å². The lowest BCUT2D eigenvalue weighted by Crippen LogP contribution is -2.31. The van der Waals surface area contributed by atoms with Crippen LogP contribution >= 0.6 is 0 Å². The molecule has 1 aromatic heterocycles. The maximum atomic E-state index is 2.64. The molecule has 2 heteroatoms. The standard InChI is InChI=1S/C22H27N2/c1-15-9-11-17(3)19(13-15)22-23(4)20-12-10-16(2)14-21(20)24(22)18-7-5-6-8-18/h9-14,18H,5-8H2,1-4H3/q+1. The summed E-state index contributed by atoms with van der Waals surface area (Å²) in [5.74, 6) is 1.36. The van der Waals surface area contributed by atoms with Gasteiger partial charge in [0, 0.05) is 0 Å².